The fourth-order valence-corrected chi connectivity index (χ4v) is 2.47. The summed E-state index contributed by atoms with van der Waals surface area (Å²) in [4.78, 5) is 10.4. The molecule has 2 atom stereocenters. The topological polar surface area (TPSA) is 73.6 Å². The molecule has 6 nitrogen and oxygen atoms in total. The molecule has 6 heteroatoms. The second-order valence-corrected chi connectivity index (χ2v) is 5.51. The fourth-order valence-electron chi connectivity index (χ4n) is 2.47. The van der Waals surface area contributed by atoms with Gasteiger partial charge in [0.05, 0.1) is 4.92 Å². The predicted octanol–water partition coefficient (Wildman–Crippen LogP) is 2.91. The third-order valence-corrected chi connectivity index (χ3v) is 3.84. The second kappa shape index (κ2) is 6.66. The maximum atomic E-state index is 10.8. The van der Waals surface area contributed by atoms with Gasteiger partial charge in [0.2, 0.25) is 0 Å². The van der Waals surface area contributed by atoms with Gasteiger partial charge >= 0.3 is 0 Å². The minimum atomic E-state index is -0.387. The molecule has 120 valence electrons. The van der Waals surface area contributed by atoms with Crippen molar-refractivity contribution in [3.8, 4) is 11.5 Å². The van der Waals surface area contributed by atoms with Crippen LogP contribution in [0.5, 0.6) is 11.5 Å². The third-order valence-electron chi connectivity index (χ3n) is 3.84. The van der Waals surface area contributed by atoms with Crippen LogP contribution in [0, 0.1) is 10.1 Å². The molecule has 2 aromatic rings. The molecule has 0 radical (unpaired) electrons. The molecule has 0 amide bonds. The van der Waals surface area contributed by atoms with Crippen molar-refractivity contribution in [3.05, 3.63) is 64.2 Å². The molecule has 1 N–H and O–H groups in total. The van der Waals surface area contributed by atoms with E-state index in [9.17, 15) is 10.1 Å². The molecule has 0 saturated heterocycles. The van der Waals surface area contributed by atoms with Crippen LogP contribution in [-0.2, 0) is 6.54 Å². The van der Waals surface area contributed by atoms with Crippen LogP contribution in [-0.4, -0.2) is 23.7 Å². The fraction of sp³-hybridized carbons (Fsp3) is 0.294. The molecule has 0 saturated carbocycles. The standard InChI is InChI=1S/C17H18N2O4/c1-12(17-11-22-15-7-2-3-8-16(15)23-17)18-10-13-5-4-6-14(9-13)19(20)21/h2-9,12,17-18H,10-11H2,1H3. The van der Waals surface area contributed by atoms with Crippen molar-refractivity contribution in [2.24, 2.45) is 0 Å². The van der Waals surface area contributed by atoms with Crippen LogP contribution in [0.15, 0.2) is 48.5 Å². The van der Waals surface area contributed by atoms with Gasteiger partial charge in [-0.1, -0.05) is 24.3 Å². The maximum absolute atomic E-state index is 10.8. The van der Waals surface area contributed by atoms with E-state index in [4.69, 9.17) is 9.47 Å². The number of nitro groups is 1. The summed E-state index contributed by atoms with van der Waals surface area (Å²) < 4.78 is 11.7. The van der Waals surface area contributed by atoms with Crippen LogP contribution >= 0.6 is 0 Å². The molecule has 2 unspecified atom stereocenters. The molecule has 1 aliphatic rings. The van der Waals surface area contributed by atoms with Crippen molar-refractivity contribution < 1.29 is 14.4 Å². The van der Waals surface area contributed by atoms with Gasteiger partial charge < -0.3 is 14.8 Å². The number of hydrogen-bond donors (Lipinski definition) is 1. The summed E-state index contributed by atoms with van der Waals surface area (Å²) in [6, 6.07) is 14.2. The summed E-state index contributed by atoms with van der Waals surface area (Å²) in [7, 11) is 0. The average molecular weight is 314 g/mol. The Labute approximate surface area is 134 Å². The molecular formula is C17H18N2O4. The monoisotopic (exact) mass is 314 g/mol. The smallest absolute Gasteiger partial charge is 0.269 e. The van der Waals surface area contributed by atoms with Crippen molar-refractivity contribution >= 4 is 5.69 Å². The summed E-state index contributed by atoms with van der Waals surface area (Å²) >= 11 is 0. The molecule has 23 heavy (non-hydrogen) atoms. The van der Waals surface area contributed by atoms with E-state index >= 15 is 0 Å². The minimum Gasteiger partial charge on any atom is -0.486 e. The summed E-state index contributed by atoms with van der Waals surface area (Å²) in [6.45, 7) is 3.02. The Hall–Kier alpha value is -2.60. The van der Waals surface area contributed by atoms with E-state index in [-0.39, 0.29) is 22.8 Å². The lowest BCUT2D eigenvalue weighted by atomic mass is 10.1. The molecule has 0 aliphatic carbocycles. The highest BCUT2D eigenvalue weighted by Crippen LogP contribution is 2.31. The number of nitro benzene ring substituents is 1. The van der Waals surface area contributed by atoms with Crippen LogP contribution < -0.4 is 14.8 Å². The van der Waals surface area contributed by atoms with Crippen molar-refractivity contribution in [1.82, 2.24) is 5.32 Å². The first-order valence-corrected chi connectivity index (χ1v) is 7.48. The van der Waals surface area contributed by atoms with E-state index < -0.39 is 0 Å². The zero-order valence-corrected chi connectivity index (χ0v) is 12.8. The highest BCUT2D eigenvalue weighted by Gasteiger charge is 2.25. The van der Waals surface area contributed by atoms with E-state index in [1.165, 1.54) is 6.07 Å². The molecule has 0 spiro atoms. The largest absolute Gasteiger partial charge is 0.486 e. The Morgan fingerprint density at radius 3 is 2.83 bits per heavy atom. The Kier molecular flexibility index (Phi) is 4.43. The summed E-state index contributed by atoms with van der Waals surface area (Å²) in [5.41, 5.74) is 0.964. The molecule has 0 aromatic heterocycles. The molecule has 0 fully saturated rings. The first kappa shape index (κ1) is 15.3. The van der Waals surface area contributed by atoms with Gasteiger partial charge in [-0.3, -0.25) is 10.1 Å². The number of para-hydroxylation sites is 2. The first-order chi connectivity index (χ1) is 11.1. The number of rotatable bonds is 5. The number of non-ortho nitro benzene ring substituents is 1. The Morgan fingerprint density at radius 2 is 2.04 bits per heavy atom. The van der Waals surface area contributed by atoms with Gasteiger partial charge in [-0.15, -0.1) is 0 Å². The SMILES string of the molecule is CC(NCc1cccc([N+](=O)[O-])c1)C1COc2ccccc2O1. The van der Waals surface area contributed by atoms with E-state index in [0.29, 0.717) is 13.2 Å². The van der Waals surface area contributed by atoms with E-state index in [1.807, 2.05) is 37.3 Å². The number of fused-ring (bicyclic) bond motifs is 1. The van der Waals surface area contributed by atoms with Crippen LogP contribution in [0.25, 0.3) is 0 Å². The van der Waals surface area contributed by atoms with Crippen LogP contribution in [0.2, 0.25) is 0 Å². The molecule has 3 rings (SSSR count). The van der Waals surface area contributed by atoms with Gasteiger partial charge in [0.25, 0.3) is 5.69 Å². The third kappa shape index (κ3) is 3.60. The van der Waals surface area contributed by atoms with E-state index in [0.717, 1.165) is 17.1 Å². The molecular weight excluding hydrogens is 296 g/mol. The highest BCUT2D eigenvalue weighted by atomic mass is 16.6. The summed E-state index contributed by atoms with van der Waals surface area (Å²) in [5, 5.41) is 14.1. The van der Waals surface area contributed by atoms with Crippen molar-refractivity contribution in [1.29, 1.82) is 0 Å². The Morgan fingerprint density at radius 1 is 1.26 bits per heavy atom. The zero-order chi connectivity index (χ0) is 16.2. The maximum Gasteiger partial charge on any atom is 0.269 e. The predicted molar refractivity (Wildman–Crippen MR) is 85.8 cm³/mol. The summed E-state index contributed by atoms with van der Waals surface area (Å²) in [6.07, 6.45) is -0.108. The lowest BCUT2D eigenvalue weighted by Crippen LogP contribution is -2.45. The van der Waals surface area contributed by atoms with Crippen molar-refractivity contribution in [3.63, 3.8) is 0 Å². The van der Waals surface area contributed by atoms with Crippen molar-refractivity contribution in [2.45, 2.75) is 25.6 Å². The molecule has 1 aliphatic heterocycles. The van der Waals surface area contributed by atoms with Gasteiger partial charge in [0.15, 0.2) is 11.5 Å². The van der Waals surface area contributed by atoms with Gasteiger partial charge in [-0.2, -0.15) is 0 Å². The minimum absolute atomic E-state index is 0.0441. The van der Waals surface area contributed by atoms with Crippen LogP contribution in [0.1, 0.15) is 12.5 Å². The number of hydrogen-bond acceptors (Lipinski definition) is 5. The number of benzene rings is 2. The molecule has 0 bridgehead atoms. The average Bonchev–Trinajstić information content (AvgIpc) is 2.59. The Balaban J connectivity index is 1.59. The highest BCUT2D eigenvalue weighted by molar-refractivity contribution is 5.40. The van der Waals surface area contributed by atoms with Gasteiger partial charge in [-0.05, 0) is 24.6 Å². The lowest BCUT2D eigenvalue weighted by molar-refractivity contribution is -0.384. The lowest BCUT2D eigenvalue weighted by Gasteiger charge is -2.31. The van der Waals surface area contributed by atoms with Gasteiger partial charge in [0, 0.05) is 24.7 Å². The van der Waals surface area contributed by atoms with Crippen LogP contribution in [0.4, 0.5) is 5.69 Å². The number of ether oxygens (including phenoxy) is 2. The summed E-state index contributed by atoms with van der Waals surface area (Å²) in [5.74, 6) is 1.50. The van der Waals surface area contributed by atoms with Gasteiger partial charge in [-0.25, -0.2) is 0 Å². The molecule has 1 heterocycles. The van der Waals surface area contributed by atoms with E-state index in [2.05, 4.69) is 5.32 Å². The quantitative estimate of drug-likeness (QED) is 0.678. The molecule has 2 aromatic carbocycles. The van der Waals surface area contributed by atoms with Crippen molar-refractivity contribution in [2.75, 3.05) is 6.61 Å². The first-order valence-electron chi connectivity index (χ1n) is 7.48. The number of nitrogens with one attached hydrogen (secondary N) is 1. The number of nitrogens with zero attached hydrogens (tertiary/aromatic N) is 1. The second-order valence-electron chi connectivity index (χ2n) is 5.51. The van der Waals surface area contributed by atoms with Crippen LogP contribution in [0.3, 0.4) is 0 Å². The van der Waals surface area contributed by atoms with Gasteiger partial charge in [0.1, 0.15) is 12.7 Å². The Bertz CT molecular complexity index is 704. The zero-order valence-electron chi connectivity index (χ0n) is 12.8. The normalized spacial score (nSPS) is 17.5. The van der Waals surface area contributed by atoms with E-state index in [1.54, 1.807) is 12.1 Å².